The van der Waals surface area contributed by atoms with Crippen LogP contribution in [0.5, 0.6) is 0 Å². The van der Waals surface area contributed by atoms with Gasteiger partial charge in [0.25, 0.3) is 0 Å². The number of aromatic nitrogens is 1. The monoisotopic (exact) mass is 303 g/mol. The Bertz CT molecular complexity index is 572. The van der Waals surface area contributed by atoms with Crippen molar-refractivity contribution in [1.29, 1.82) is 0 Å². The van der Waals surface area contributed by atoms with E-state index in [-0.39, 0.29) is 6.04 Å². The second-order valence-electron chi connectivity index (χ2n) is 5.54. The first-order valence-corrected chi connectivity index (χ1v) is 8.09. The average Bonchev–Trinajstić information content (AvgIpc) is 3.07. The van der Waals surface area contributed by atoms with E-state index in [1.54, 1.807) is 18.4 Å². The fourth-order valence-corrected chi connectivity index (χ4v) is 3.69. The summed E-state index contributed by atoms with van der Waals surface area (Å²) in [6.07, 6.45) is 0. The molecule has 0 aliphatic carbocycles. The normalized spacial score (nSPS) is 22.8. The topological polar surface area (TPSA) is 51.4 Å². The van der Waals surface area contributed by atoms with Crippen molar-refractivity contribution in [3.05, 3.63) is 52.0 Å². The fraction of sp³-hybridized carbons (Fsp3) is 0.438. The number of benzene rings is 1. The summed E-state index contributed by atoms with van der Waals surface area (Å²) in [5.74, 6) is 0.420. The molecule has 1 aromatic carbocycles. The molecule has 1 saturated heterocycles. The molecule has 4 nitrogen and oxygen atoms in total. The predicted molar refractivity (Wildman–Crippen MR) is 85.3 cm³/mol. The SMILES string of the molecule is COCc1nc(CN2C[C@@H](N)[C@H](c3ccccc3)C2)cs1. The van der Waals surface area contributed by atoms with Crippen LogP contribution in [0.4, 0.5) is 0 Å². The molecule has 2 N–H and O–H groups in total. The van der Waals surface area contributed by atoms with Crippen molar-refractivity contribution in [2.45, 2.75) is 25.1 Å². The van der Waals surface area contributed by atoms with Crippen LogP contribution < -0.4 is 5.73 Å². The van der Waals surface area contributed by atoms with Crippen LogP contribution in [0.15, 0.2) is 35.7 Å². The maximum Gasteiger partial charge on any atom is 0.119 e. The van der Waals surface area contributed by atoms with Crippen molar-refractivity contribution in [1.82, 2.24) is 9.88 Å². The Hall–Kier alpha value is -1.27. The van der Waals surface area contributed by atoms with Gasteiger partial charge in [0.2, 0.25) is 0 Å². The Morgan fingerprint density at radius 2 is 2.14 bits per heavy atom. The van der Waals surface area contributed by atoms with Crippen LogP contribution >= 0.6 is 11.3 Å². The van der Waals surface area contributed by atoms with Crippen molar-refractivity contribution in [3.63, 3.8) is 0 Å². The van der Waals surface area contributed by atoms with Crippen LogP contribution in [0, 0.1) is 0 Å². The Kier molecular flexibility index (Phi) is 4.65. The number of rotatable bonds is 5. The molecular formula is C16H21N3OS. The lowest BCUT2D eigenvalue weighted by Gasteiger charge is -2.15. The lowest BCUT2D eigenvalue weighted by molar-refractivity contribution is 0.184. The fourth-order valence-electron chi connectivity index (χ4n) is 2.94. The van der Waals surface area contributed by atoms with E-state index in [1.165, 1.54) is 5.56 Å². The highest BCUT2D eigenvalue weighted by molar-refractivity contribution is 7.09. The van der Waals surface area contributed by atoms with Crippen LogP contribution in [0.2, 0.25) is 0 Å². The molecule has 2 aromatic rings. The summed E-state index contributed by atoms with van der Waals surface area (Å²) in [6.45, 7) is 3.40. The molecule has 0 radical (unpaired) electrons. The van der Waals surface area contributed by atoms with Crippen LogP contribution in [-0.2, 0) is 17.9 Å². The summed E-state index contributed by atoms with van der Waals surface area (Å²) in [5, 5.41) is 3.16. The van der Waals surface area contributed by atoms with Gasteiger partial charge in [0.1, 0.15) is 5.01 Å². The number of nitrogens with two attached hydrogens (primary N) is 1. The number of nitrogens with zero attached hydrogens (tertiary/aromatic N) is 2. The molecule has 0 amide bonds. The molecule has 0 unspecified atom stereocenters. The molecule has 2 heterocycles. The highest BCUT2D eigenvalue weighted by Gasteiger charge is 2.31. The average molecular weight is 303 g/mol. The van der Waals surface area contributed by atoms with Gasteiger partial charge in [-0.3, -0.25) is 4.90 Å². The van der Waals surface area contributed by atoms with Crippen LogP contribution in [0.1, 0.15) is 22.2 Å². The van der Waals surface area contributed by atoms with Gasteiger partial charge in [-0.1, -0.05) is 30.3 Å². The maximum absolute atomic E-state index is 6.33. The van der Waals surface area contributed by atoms with Gasteiger partial charge in [0.05, 0.1) is 12.3 Å². The number of hydrogen-bond donors (Lipinski definition) is 1. The molecule has 1 aliphatic rings. The van der Waals surface area contributed by atoms with Gasteiger partial charge in [-0.2, -0.15) is 0 Å². The van der Waals surface area contributed by atoms with Gasteiger partial charge in [-0.25, -0.2) is 4.98 Å². The molecule has 2 atom stereocenters. The maximum atomic E-state index is 6.33. The van der Waals surface area contributed by atoms with Gasteiger partial charge in [-0.15, -0.1) is 11.3 Å². The molecule has 0 bridgehead atoms. The number of methoxy groups -OCH3 is 1. The van der Waals surface area contributed by atoms with Crippen molar-refractivity contribution >= 4 is 11.3 Å². The highest BCUT2D eigenvalue weighted by atomic mass is 32.1. The van der Waals surface area contributed by atoms with Crippen LogP contribution in [0.3, 0.4) is 0 Å². The molecule has 21 heavy (non-hydrogen) atoms. The Morgan fingerprint density at radius 1 is 1.33 bits per heavy atom. The summed E-state index contributed by atoms with van der Waals surface area (Å²) in [5.41, 5.74) is 8.79. The number of likely N-dealkylation sites (tertiary alicyclic amines) is 1. The van der Waals surface area contributed by atoms with E-state index in [4.69, 9.17) is 10.5 Å². The van der Waals surface area contributed by atoms with Crippen molar-refractivity contribution in [2.24, 2.45) is 5.73 Å². The molecule has 112 valence electrons. The van der Waals surface area contributed by atoms with Gasteiger partial charge >= 0.3 is 0 Å². The minimum absolute atomic E-state index is 0.199. The minimum Gasteiger partial charge on any atom is -0.378 e. The molecule has 0 saturated carbocycles. The van der Waals surface area contributed by atoms with Gasteiger partial charge in [0.15, 0.2) is 0 Å². The van der Waals surface area contributed by atoms with E-state index in [1.807, 2.05) is 6.07 Å². The smallest absolute Gasteiger partial charge is 0.119 e. The van der Waals surface area contributed by atoms with Crippen LogP contribution in [-0.4, -0.2) is 36.1 Å². The number of ether oxygens (including phenoxy) is 1. The largest absolute Gasteiger partial charge is 0.378 e. The van der Waals surface area contributed by atoms with E-state index in [0.29, 0.717) is 12.5 Å². The van der Waals surface area contributed by atoms with Gasteiger partial charge in [0, 0.05) is 44.1 Å². The highest BCUT2D eigenvalue weighted by Crippen LogP contribution is 2.27. The lowest BCUT2D eigenvalue weighted by atomic mass is 9.95. The third-order valence-corrected chi connectivity index (χ3v) is 4.79. The van der Waals surface area contributed by atoms with Crippen molar-refractivity contribution in [2.75, 3.05) is 20.2 Å². The summed E-state index contributed by atoms with van der Waals surface area (Å²) >= 11 is 1.66. The zero-order chi connectivity index (χ0) is 14.7. The minimum atomic E-state index is 0.199. The molecule has 1 fully saturated rings. The predicted octanol–water partition coefficient (Wildman–Crippen LogP) is 2.22. The van der Waals surface area contributed by atoms with E-state index < -0.39 is 0 Å². The summed E-state index contributed by atoms with van der Waals surface area (Å²) in [6, 6.07) is 10.8. The first-order chi connectivity index (χ1) is 10.3. The lowest BCUT2D eigenvalue weighted by Crippen LogP contribution is -2.28. The Balaban J connectivity index is 1.63. The first kappa shape index (κ1) is 14.7. The Labute approximate surface area is 129 Å². The molecule has 1 aromatic heterocycles. The summed E-state index contributed by atoms with van der Waals surface area (Å²) in [4.78, 5) is 6.99. The second kappa shape index (κ2) is 6.66. The third-order valence-electron chi connectivity index (χ3n) is 3.92. The van der Waals surface area contributed by atoms with Gasteiger partial charge < -0.3 is 10.5 Å². The zero-order valence-corrected chi connectivity index (χ0v) is 13.1. The number of hydrogen-bond acceptors (Lipinski definition) is 5. The van der Waals surface area contributed by atoms with E-state index in [9.17, 15) is 0 Å². The van der Waals surface area contributed by atoms with E-state index >= 15 is 0 Å². The first-order valence-electron chi connectivity index (χ1n) is 7.21. The molecule has 5 heteroatoms. The quantitative estimate of drug-likeness (QED) is 0.920. The van der Waals surface area contributed by atoms with Gasteiger partial charge in [-0.05, 0) is 5.56 Å². The third kappa shape index (κ3) is 3.49. The molecular weight excluding hydrogens is 282 g/mol. The van der Waals surface area contributed by atoms with Crippen molar-refractivity contribution < 1.29 is 4.74 Å². The van der Waals surface area contributed by atoms with Crippen molar-refractivity contribution in [3.8, 4) is 0 Å². The zero-order valence-electron chi connectivity index (χ0n) is 12.2. The molecule has 0 spiro atoms. The standard InChI is InChI=1S/C16H21N3OS/c1-20-10-16-18-13(11-21-16)7-19-8-14(15(17)9-19)12-5-3-2-4-6-12/h2-6,11,14-15H,7-10,17H2,1H3/t14-,15+/m0/s1. The second-order valence-corrected chi connectivity index (χ2v) is 6.48. The van der Waals surface area contributed by atoms with E-state index in [0.717, 1.165) is 30.3 Å². The summed E-state index contributed by atoms with van der Waals surface area (Å²) < 4.78 is 5.12. The molecule has 3 rings (SSSR count). The van der Waals surface area contributed by atoms with Crippen LogP contribution in [0.25, 0.3) is 0 Å². The number of thiazole rings is 1. The molecule has 1 aliphatic heterocycles. The Morgan fingerprint density at radius 3 is 2.90 bits per heavy atom. The summed E-state index contributed by atoms with van der Waals surface area (Å²) in [7, 11) is 1.70. The van der Waals surface area contributed by atoms with E-state index in [2.05, 4.69) is 39.5 Å².